The molecule has 37 heavy (non-hydrogen) atoms. The Labute approximate surface area is 214 Å². The van der Waals surface area contributed by atoms with Crippen LogP contribution in [0.1, 0.15) is 31.0 Å². The number of rotatable bonds is 9. The standard InChI is InChI=1S/C27H23F3N2O4S/c1-2-34-22-5-3-4-19(24(22)35-16-17-6-7-17)10-13-21-23(25(33)32-14-15-37-26(32)31-21)18-8-11-20(12-9-18)36-27(28,29)30/h3-5,8-15,17H,2,6-7,16H2,1H3/b13-10+. The molecule has 0 aliphatic heterocycles. The molecule has 10 heteroatoms. The number of nitrogens with zero attached hydrogens (tertiary/aromatic N) is 2. The zero-order valence-electron chi connectivity index (χ0n) is 19.8. The zero-order valence-corrected chi connectivity index (χ0v) is 20.6. The second kappa shape index (κ2) is 10.3. The van der Waals surface area contributed by atoms with E-state index in [2.05, 4.69) is 9.72 Å². The van der Waals surface area contributed by atoms with Crippen molar-refractivity contribution in [3.63, 3.8) is 0 Å². The minimum Gasteiger partial charge on any atom is -0.490 e. The molecule has 4 aromatic rings. The van der Waals surface area contributed by atoms with E-state index in [0.717, 1.165) is 18.4 Å². The number of hydrogen-bond donors (Lipinski definition) is 0. The molecule has 1 aliphatic rings. The normalized spacial score (nSPS) is 13.8. The maximum atomic E-state index is 13.4. The van der Waals surface area contributed by atoms with Crippen LogP contribution in [0.5, 0.6) is 17.2 Å². The lowest BCUT2D eigenvalue weighted by Gasteiger charge is -2.14. The van der Waals surface area contributed by atoms with Crippen molar-refractivity contribution in [1.82, 2.24) is 9.38 Å². The first kappa shape index (κ1) is 24.9. The van der Waals surface area contributed by atoms with Crippen molar-refractivity contribution in [2.24, 2.45) is 5.92 Å². The first-order valence-corrected chi connectivity index (χ1v) is 12.6. The van der Waals surface area contributed by atoms with Crippen LogP contribution in [0.15, 0.2) is 58.8 Å². The van der Waals surface area contributed by atoms with E-state index in [1.807, 2.05) is 25.1 Å². The maximum absolute atomic E-state index is 13.4. The number of fused-ring (bicyclic) bond motifs is 1. The summed E-state index contributed by atoms with van der Waals surface area (Å²) in [6, 6.07) is 10.8. The van der Waals surface area contributed by atoms with E-state index in [4.69, 9.17) is 9.47 Å². The van der Waals surface area contributed by atoms with Gasteiger partial charge in [0.15, 0.2) is 16.5 Å². The second-order valence-electron chi connectivity index (χ2n) is 8.50. The van der Waals surface area contributed by atoms with Gasteiger partial charge in [-0.25, -0.2) is 4.98 Å². The number of ether oxygens (including phenoxy) is 3. The van der Waals surface area contributed by atoms with Gasteiger partial charge in [-0.1, -0.05) is 24.3 Å². The summed E-state index contributed by atoms with van der Waals surface area (Å²) in [5.41, 5.74) is 1.49. The molecule has 0 radical (unpaired) electrons. The van der Waals surface area contributed by atoms with E-state index in [0.29, 0.717) is 46.8 Å². The minimum absolute atomic E-state index is 0.257. The van der Waals surface area contributed by atoms with Crippen LogP contribution in [0.2, 0.25) is 0 Å². The molecule has 2 aromatic carbocycles. The van der Waals surface area contributed by atoms with E-state index >= 15 is 0 Å². The quantitative estimate of drug-likeness (QED) is 0.243. The number of halogens is 3. The monoisotopic (exact) mass is 528 g/mol. The molecule has 0 N–H and O–H groups in total. The maximum Gasteiger partial charge on any atom is 0.573 e. The third kappa shape index (κ3) is 5.80. The van der Waals surface area contributed by atoms with Crippen LogP contribution in [0.25, 0.3) is 28.2 Å². The molecule has 0 bridgehead atoms. The van der Waals surface area contributed by atoms with Gasteiger partial charge in [0.25, 0.3) is 5.56 Å². The van der Waals surface area contributed by atoms with Crippen molar-refractivity contribution in [1.29, 1.82) is 0 Å². The highest BCUT2D eigenvalue weighted by Crippen LogP contribution is 2.36. The van der Waals surface area contributed by atoms with Crippen molar-refractivity contribution >= 4 is 28.4 Å². The molecule has 2 heterocycles. The van der Waals surface area contributed by atoms with Crippen LogP contribution >= 0.6 is 11.3 Å². The Morgan fingerprint density at radius 1 is 1.11 bits per heavy atom. The van der Waals surface area contributed by atoms with E-state index < -0.39 is 6.36 Å². The number of aromatic nitrogens is 2. The fourth-order valence-corrected chi connectivity index (χ4v) is 4.57. The molecule has 1 saturated carbocycles. The van der Waals surface area contributed by atoms with Crippen molar-refractivity contribution < 1.29 is 27.4 Å². The van der Waals surface area contributed by atoms with Crippen molar-refractivity contribution in [3.05, 3.63) is 75.7 Å². The third-order valence-electron chi connectivity index (χ3n) is 5.76. The molecular weight excluding hydrogens is 505 g/mol. The van der Waals surface area contributed by atoms with Gasteiger partial charge in [-0.15, -0.1) is 24.5 Å². The number of benzene rings is 2. The Balaban J connectivity index is 1.55. The molecular formula is C27H23F3N2O4S. The van der Waals surface area contributed by atoms with E-state index in [-0.39, 0.29) is 16.9 Å². The highest BCUT2D eigenvalue weighted by molar-refractivity contribution is 7.15. The van der Waals surface area contributed by atoms with Gasteiger partial charge in [0, 0.05) is 17.1 Å². The van der Waals surface area contributed by atoms with Gasteiger partial charge in [0.2, 0.25) is 0 Å². The van der Waals surface area contributed by atoms with Gasteiger partial charge in [-0.3, -0.25) is 9.20 Å². The minimum atomic E-state index is -4.80. The molecule has 1 fully saturated rings. The Morgan fingerprint density at radius 3 is 2.59 bits per heavy atom. The van der Waals surface area contributed by atoms with Crippen molar-refractivity contribution in [2.75, 3.05) is 13.2 Å². The Kier molecular flexibility index (Phi) is 6.92. The van der Waals surface area contributed by atoms with Gasteiger partial charge < -0.3 is 14.2 Å². The van der Waals surface area contributed by atoms with Gasteiger partial charge in [-0.2, -0.15) is 0 Å². The molecule has 0 spiro atoms. The van der Waals surface area contributed by atoms with Gasteiger partial charge in [0.1, 0.15) is 5.75 Å². The second-order valence-corrected chi connectivity index (χ2v) is 9.37. The molecule has 1 aliphatic carbocycles. The highest BCUT2D eigenvalue weighted by atomic mass is 32.1. The summed E-state index contributed by atoms with van der Waals surface area (Å²) in [5.74, 6) is 1.43. The molecule has 0 amide bonds. The van der Waals surface area contributed by atoms with E-state index in [1.165, 1.54) is 40.0 Å². The lowest BCUT2D eigenvalue weighted by Crippen LogP contribution is -2.18. The molecule has 0 saturated heterocycles. The molecule has 0 atom stereocenters. The van der Waals surface area contributed by atoms with Gasteiger partial charge in [-0.05, 0) is 61.6 Å². The fourth-order valence-electron chi connectivity index (χ4n) is 3.85. The molecule has 192 valence electrons. The Morgan fingerprint density at radius 2 is 1.89 bits per heavy atom. The topological polar surface area (TPSA) is 62.1 Å². The molecule has 0 unspecified atom stereocenters. The Bertz CT molecular complexity index is 1490. The van der Waals surface area contributed by atoms with Crippen LogP contribution in [-0.4, -0.2) is 29.0 Å². The van der Waals surface area contributed by atoms with Crippen LogP contribution in [0, 0.1) is 5.92 Å². The highest BCUT2D eigenvalue weighted by Gasteiger charge is 2.31. The summed E-state index contributed by atoms with van der Waals surface area (Å²) in [5, 5.41) is 1.75. The van der Waals surface area contributed by atoms with Crippen molar-refractivity contribution in [2.45, 2.75) is 26.1 Å². The lowest BCUT2D eigenvalue weighted by atomic mass is 10.0. The molecule has 5 rings (SSSR count). The first-order chi connectivity index (χ1) is 17.8. The summed E-state index contributed by atoms with van der Waals surface area (Å²) in [6.07, 6.45) is 2.62. The van der Waals surface area contributed by atoms with Crippen LogP contribution in [0.4, 0.5) is 13.2 Å². The lowest BCUT2D eigenvalue weighted by molar-refractivity contribution is -0.274. The summed E-state index contributed by atoms with van der Waals surface area (Å²) in [6.45, 7) is 2.99. The summed E-state index contributed by atoms with van der Waals surface area (Å²) < 4.78 is 55.0. The van der Waals surface area contributed by atoms with Crippen LogP contribution in [-0.2, 0) is 0 Å². The van der Waals surface area contributed by atoms with E-state index in [9.17, 15) is 18.0 Å². The fraction of sp³-hybridized carbons (Fsp3) is 0.259. The third-order valence-corrected chi connectivity index (χ3v) is 6.52. The smallest absolute Gasteiger partial charge is 0.490 e. The van der Waals surface area contributed by atoms with E-state index in [1.54, 1.807) is 23.7 Å². The Hall–Kier alpha value is -3.79. The summed E-state index contributed by atoms with van der Waals surface area (Å²) in [4.78, 5) is 18.5. The zero-order chi connectivity index (χ0) is 26.0. The largest absolute Gasteiger partial charge is 0.573 e. The van der Waals surface area contributed by atoms with Crippen LogP contribution in [0.3, 0.4) is 0 Å². The molecule has 2 aromatic heterocycles. The summed E-state index contributed by atoms with van der Waals surface area (Å²) in [7, 11) is 0. The predicted molar refractivity (Wildman–Crippen MR) is 136 cm³/mol. The SMILES string of the molecule is CCOc1cccc(/C=C/c2nc3sccn3c(=O)c2-c2ccc(OC(F)(F)F)cc2)c1OCC1CC1. The number of alkyl halides is 3. The summed E-state index contributed by atoms with van der Waals surface area (Å²) >= 11 is 1.31. The predicted octanol–water partition coefficient (Wildman–Crippen LogP) is 6.68. The van der Waals surface area contributed by atoms with Crippen LogP contribution < -0.4 is 19.8 Å². The first-order valence-electron chi connectivity index (χ1n) is 11.7. The van der Waals surface area contributed by atoms with Crippen molar-refractivity contribution in [3.8, 4) is 28.4 Å². The average molecular weight is 529 g/mol. The van der Waals surface area contributed by atoms with Gasteiger partial charge in [0.05, 0.1) is 24.5 Å². The number of hydrogen-bond acceptors (Lipinski definition) is 6. The molecule has 6 nitrogen and oxygen atoms in total. The average Bonchev–Trinajstić information content (AvgIpc) is 3.56. The number of thiazole rings is 1. The van der Waals surface area contributed by atoms with Gasteiger partial charge >= 0.3 is 6.36 Å². The number of para-hydroxylation sites is 1.